The van der Waals surface area contributed by atoms with Crippen LogP contribution in [0.5, 0.6) is 11.5 Å². The summed E-state index contributed by atoms with van der Waals surface area (Å²) < 4.78 is 22.7. The van der Waals surface area contributed by atoms with Gasteiger partial charge in [-0.3, -0.25) is 0 Å². The third kappa shape index (κ3) is 6.44. The van der Waals surface area contributed by atoms with Gasteiger partial charge in [0, 0.05) is 21.5 Å². The number of carbonyl (C=O) groups excluding carboxylic acids is 1. The van der Waals surface area contributed by atoms with Gasteiger partial charge in [0.15, 0.2) is 11.5 Å². The van der Waals surface area contributed by atoms with Gasteiger partial charge in [0.2, 0.25) is 0 Å². The Hall–Kier alpha value is -4.34. The van der Waals surface area contributed by atoms with E-state index in [0.717, 1.165) is 15.9 Å². The van der Waals surface area contributed by atoms with Gasteiger partial charge in [-0.1, -0.05) is 115 Å². The van der Waals surface area contributed by atoms with E-state index in [0.29, 0.717) is 23.7 Å². The Morgan fingerprint density at radius 2 is 1.35 bits per heavy atom. The van der Waals surface area contributed by atoms with Crippen LogP contribution in [0.25, 0.3) is 6.08 Å². The Morgan fingerprint density at radius 3 is 1.82 bits per heavy atom. The lowest BCUT2D eigenvalue weighted by Gasteiger charge is -2.27. The second kappa shape index (κ2) is 14.2. The molecule has 0 aliphatic heterocycles. The standard InChI is InChI=1S/C34H34NO4P/c1-4-6-25-39-33-27(17-16-24-32(33)37-3)26-31(34(36)38-5-2)35-40(28-18-10-7-11-19-28,29-20-12-8-13-21-29)30-22-14-9-15-23-30/h4,6-24,26H,5,25H2,1-3H3/b6-4+,31-26-. The van der Waals surface area contributed by atoms with Crippen molar-refractivity contribution in [2.45, 2.75) is 13.8 Å². The molecule has 0 aliphatic rings. The van der Waals surface area contributed by atoms with E-state index in [2.05, 4.69) is 36.4 Å². The molecule has 0 saturated carbocycles. The van der Waals surface area contributed by atoms with Crippen molar-refractivity contribution >= 4 is 35.0 Å². The maximum Gasteiger partial charge on any atom is 0.356 e. The van der Waals surface area contributed by atoms with Crippen molar-refractivity contribution in [2.75, 3.05) is 20.3 Å². The zero-order chi connectivity index (χ0) is 28.2. The first-order valence-electron chi connectivity index (χ1n) is 13.2. The van der Waals surface area contributed by atoms with Crippen molar-refractivity contribution in [1.82, 2.24) is 0 Å². The molecule has 0 atom stereocenters. The Kier molecular flexibility index (Phi) is 10.1. The molecule has 4 rings (SSSR count). The largest absolute Gasteiger partial charge is 0.493 e. The third-order valence-corrected chi connectivity index (χ3v) is 9.86. The molecule has 0 fully saturated rings. The van der Waals surface area contributed by atoms with Crippen LogP contribution in [0.1, 0.15) is 19.4 Å². The Balaban J connectivity index is 2.09. The van der Waals surface area contributed by atoms with Crippen LogP contribution in [0.2, 0.25) is 0 Å². The highest BCUT2D eigenvalue weighted by Crippen LogP contribution is 2.48. The first kappa shape index (κ1) is 28.7. The van der Waals surface area contributed by atoms with Crippen LogP contribution >= 0.6 is 7.05 Å². The lowest BCUT2D eigenvalue weighted by Crippen LogP contribution is -2.26. The monoisotopic (exact) mass is 551 g/mol. The zero-order valence-electron chi connectivity index (χ0n) is 23.1. The predicted molar refractivity (Wildman–Crippen MR) is 165 cm³/mol. The minimum absolute atomic E-state index is 0.205. The van der Waals surface area contributed by atoms with Gasteiger partial charge in [0.05, 0.1) is 20.8 Å². The second-order valence-corrected chi connectivity index (χ2v) is 11.8. The van der Waals surface area contributed by atoms with Crippen LogP contribution in [-0.2, 0) is 9.53 Å². The Morgan fingerprint density at radius 1 is 0.800 bits per heavy atom. The highest BCUT2D eigenvalue weighted by atomic mass is 31.2. The molecule has 0 amide bonds. The van der Waals surface area contributed by atoms with E-state index < -0.39 is 13.0 Å². The van der Waals surface area contributed by atoms with Crippen molar-refractivity contribution in [3.05, 3.63) is 133 Å². The molecule has 0 spiro atoms. The highest BCUT2D eigenvalue weighted by Gasteiger charge is 2.29. The molecule has 6 heteroatoms. The zero-order valence-corrected chi connectivity index (χ0v) is 24.0. The minimum Gasteiger partial charge on any atom is -0.493 e. The number of para-hydroxylation sites is 1. The number of benzene rings is 4. The average Bonchev–Trinajstić information content (AvgIpc) is 3.01. The maximum atomic E-state index is 13.6. The first-order chi connectivity index (χ1) is 19.6. The maximum absolute atomic E-state index is 13.6. The first-order valence-corrected chi connectivity index (χ1v) is 15.0. The quantitative estimate of drug-likeness (QED) is 0.0898. The molecule has 4 aromatic rings. The molecular weight excluding hydrogens is 517 g/mol. The predicted octanol–water partition coefficient (Wildman–Crippen LogP) is 6.73. The van der Waals surface area contributed by atoms with E-state index in [1.54, 1.807) is 20.1 Å². The van der Waals surface area contributed by atoms with E-state index in [1.807, 2.05) is 91.9 Å². The van der Waals surface area contributed by atoms with Crippen LogP contribution in [0.4, 0.5) is 0 Å². The highest BCUT2D eigenvalue weighted by molar-refractivity contribution is 7.87. The fraction of sp³-hybridized carbons (Fsp3) is 0.147. The molecule has 4 aromatic carbocycles. The smallest absolute Gasteiger partial charge is 0.356 e. The minimum atomic E-state index is -2.71. The fourth-order valence-corrected chi connectivity index (χ4v) is 7.90. The third-order valence-electron chi connectivity index (χ3n) is 6.21. The van der Waals surface area contributed by atoms with E-state index >= 15 is 0 Å². The van der Waals surface area contributed by atoms with Crippen molar-refractivity contribution in [1.29, 1.82) is 0 Å². The average molecular weight is 552 g/mol. The fourth-order valence-electron chi connectivity index (χ4n) is 4.38. The molecule has 0 radical (unpaired) electrons. The molecule has 5 nitrogen and oxygen atoms in total. The van der Waals surface area contributed by atoms with Crippen molar-refractivity contribution in [3.63, 3.8) is 0 Å². The topological polar surface area (TPSA) is 57.1 Å². The van der Waals surface area contributed by atoms with Gasteiger partial charge < -0.3 is 14.2 Å². The van der Waals surface area contributed by atoms with Gasteiger partial charge in [0.25, 0.3) is 0 Å². The van der Waals surface area contributed by atoms with Gasteiger partial charge in [-0.25, -0.2) is 9.54 Å². The van der Waals surface area contributed by atoms with E-state index in [1.165, 1.54) is 0 Å². The van der Waals surface area contributed by atoms with E-state index in [4.69, 9.17) is 19.0 Å². The normalized spacial score (nSPS) is 11.7. The summed E-state index contributed by atoms with van der Waals surface area (Å²) in [6.07, 6.45) is 5.57. The molecule has 40 heavy (non-hydrogen) atoms. The summed E-state index contributed by atoms with van der Waals surface area (Å²) in [5, 5.41) is 3.08. The van der Waals surface area contributed by atoms with Crippen LogP contribution < -0.4 is 25.4 Å². The number of carbonyl (C=O) groups is 1. The molecule has 0 bridgehead atoms. The van der Waals surface area contributed by atoms with Crippen molar-refractivity contribution in [3.8, 4) is 11.5 Å². The summed E-state index contributed by atoms with van der Waals surface area (Å²) >= 11 is 0. The number of hydrogen-bond acceptors (Lipinski definition) is 5. The Labute approximate surface area is 236 Å². The number of allylic oxidation sites excluding steroid dienone is 1. The molecular formula is C34H34NO4P. The number of methoxy groups -OCH3 is 1. The van der Waals surface area contributed by atoms with E-state index in [-0.39, 0.29) is 12.3 Å². The summed E-state index contributed by atoms with van der Waals surface area (Å²) in [7, 11) is -1.12. The van der Waals surface area contributed by atoms with Gasteiger partial charge in [-0.05, 0) is 26.0 Å². The molecule has 0 aromatic heterocycles. The van der Waals surface area contributed by atoms with Crippen LogP contribution in [0.3, 0.4) is 0 Å². The summed E-state index contributed by atoms with van der Waals surface area (Å²) in [6, 6.07) is 36.1. The molecule has 204 valence electrons. The second-order valence-electron chi connectivity index (χ2n) is 8.75. The number of hydrogen-bond donors (Lipinski definition) is 0. The van der Waals surface area contributed by atoms with E-state index in [9.17, 15) is 4.79 Å². The lowest BCUT2D eigenvalue weighted by atomic mass is 10.1. The van der Waals surface area contributed by atoms with Gasteiger partial charge in [-0.2, -0.15) is 0 Å². The van der Waals surface area contributed by atoms with Crippen molar-refractivity contribution < 1.29 is 19.0 Å². The molecule has 0 unspecified atom stereocenters. The molecule has 0 N–H and O–H groups in total. The van der Waals surface area contributed by atoms with Gasteiger partial charge in [0.1, 0.15) is 12.3 Å². The van der Waals surface area contributed by atoms with Gasteiger partial charge in [-0.15, -0.1) is 0 Å². The summed E-state index contributed by atoms with van der Waals surface area (Å²) in [6.45, 7) is 4.31. The lowest BCUT2D eigenvalue weighted by molar-refractivity contribution is -0.138. The number of nitrogens with zero attached hydrogens (tertiary/aromatic N) is 1. The van der Waals surface area contributed by atoms with Crippen LogP contribution in [0, 0.1) is 0 Å². The molecule has 0 aliphatic carbocycles. The number of ether oxygens (including phenoxy) is 3. The van der Waals surface area contributed by atoms with Gasteiger partial charge >= 0.3 is 5.97 Å². The summed E-state index contributed by atoms with van der Waals surface area (Å²) in [5.74, 6) is 0.594. The summed E-state index contributed by atoms with van der Waals surface area (Å²) in [5.41, 5.74) is 0.874. The number of esters is 1. The van der Waals surface area contributed by atoms with Crippen LogP contribution in [0.15, 0.2) is 132 Å². The molecule has 0 heterocycles. The summed E-state index contributed by atoms with van der Waals surface area (Å²) in [4.78, 5) is 13.6. The van der Waals surface area contributed by atoms with Crippen LogP contribution in [-0.4, -0.2) is 26.3 Å². The number of rotatable bonds is 11. The molecule has 0 saturated heterocycles. The SMILES string of the molecule is C/C=C/COc1c(/C=C(\N=P(c2ccccc2)(c2ccccc2)c2ccccc2)C(=O)OCC)cccc1OC. The Bertz CT molecular complexity index is 1410. The van der Waals surface area contributed by atoms with Crippen molar-refractivity contribution in [2.24, 2.45) is 4.74 Å².